The number of carbonyl (C=O) groups is 1. The van der Waals surface area contributed by atoms with Crippen molar-refractivity contribution in [3.8, 4) is 0 Å². The maximum absolute atomic E-state index is 13.1. The topological polar surface area (TPSA) is 29.1 Å². The highest BCUT2D eigenvalue weighted by molar-refractivity contribution is 6.01. The molecule has 1 heterocycles. The molecule has 1 aromatic carbocycles. The third-order valence-corrected chi connectivity index (χ3v) is 4.63. The van der Waals surface area contributed by atoms with Gasteiger partial charge in [-0.2, -0.15) is 0 Å². The monoisotopic (exact) mass is 261 g/mol. The number of benzene rings is 1. The normalized spacial score (nSPS) is 30.1. The van der Waals surface area contributed by atoms with Gasteiger partial charge in [0.1, 0.15) is 5.82 Å². The number of hydrogen-bond donors (Lipinski definition) is 1. The maximum Gasteiger partial charge on any atom is 0.180 e. The summed E-state index contributed by atoms with van der Waals surface area (Å²) in [5.41, 5.74) is 1.40. The van der Waals surface area contributed by atoms with E-state index in [2.05, 4.69) is 5.32 Å². The Balaban J connectivity index is 1.77. The average Bonchev–Trinajstić information content (AvgIpc) is 2.81. The van der Waals surface area contributed by atoms with Crippen LogP contribution in [0.25, 0.3) is 0 Å². The third kappa shape index (κ3) is 2.44. The highest BCUT2D eigenvalue weighted by Crippen LogP contribution is 2.34. The summed E-state index contributed by atoms with van der Waals surface area (Å²) in [5.74, 6) is 0.512. The van der Waals surface area contributed by atoms with Crippen LogP contribution < -0.4 is 5.32 Å². The second-order valence-electron chi connectivity index (χ2n) is 5.93. The predicted molar refractivity (Wildman–Crippen MR) is 72.8 cm³/mol. The van der Waals surface area contributed by atoms with Crippen LogP contribution in [-0.2, 0) is 0 Å². The number of rotatable bonds is 2. The second-order valence-corrected chi connectivity index (χ2v) is 5.93. The molecule has 2 nitrogen and oxygen atoms in total. The molecular formula is C16H20FNO. The standard InChI is InChI=1S/C16H20FNO/c1-10-8-12(17)6-7-13(10)16(19)15-9-11-4-2-3-5-14(11)18-15/h6-8,11,14-15,18H,2-5,9H2,1H3. The number of carbonyl (C=O) groups excluding carboxylic acids is 1. The molecule has 1 saturated heterocycles. The Morgan fingerprint density at radius 1 is 1.32 bits per heavy atom. The fourth-order valence-corrected chi connectivity index (χ4v) is 3.61. The van der Waals surface area contributed by atoms with Crippen LogP contribution in [0.5, 0.6) is 0 Å². The van der Waals surface area contributed by atoms with E-state index in [4.69, 9.17) is 0 Å². The van der Waals surface area contributed by atoms with E-state index >= 15 is 0 Å². The van der Waals surface area contributed by atoms with Crippen LogP contribution in [-0.4, -0.2) is 17.9 Å². The summed E-state index contributed by atoms with van der Waals surface area (Å²) in [6, 6.07) is 4.88. The van der Waals surface area contributed by atoms with Gasteiger partial charge in [0.15, 0.2) is 5.78 Å². The Hall–Kier alpha value is -1.22. The van der Waals surface area contributed by atoms with Crippen molar-refractivity contribution >= 4 is 5.78 Å². The highest BCUT2D eigenvalue weighted by Gasteiger charge is 2.38. The SMILES string of the molecule is Cc1cc(F)ccc1C(=O)C1CC2CCCCC2N1. The molecule has 102 valence electrons. The summed E-state index contributed by atoms with van der Waals surface area (Å²) in [4.78, 5) is 12.5. The van der Waals surface area contributed by atoms with Crippen LogP contribution in [0.15, 0.2) is 18.2 Å². The van der Waals surface area contributed by atoms with Crippen LogP contribution >= 0.6 is 0 Å². The smallest absolute Gasteiger partial charge is 0.180 e. The molecule has 1 aromatic rings. The van der Waals surface area contributed by atoms with E-state index in [-0.39, 0.29) is 17.6 Å². The van der Waals surface area contributed by atoms with E-state index in [1.807, 2.05) is 0 Å². The van der Waals surface area contributed by atoms with Crippen molar-refractivity contribution in [1.82, 2.24) is 5.32 Å². The van der Waals surface area contributed by atoms with Crippen LogP contribution in [0.3, 0.4) is 0 Å². The molecule has 2 fully saturated rings. The minimum absolute atomic E-state index is 0.0720. The zero-order valence-corrected chi connectivity index (χ0v) is 11.3. The fraction of sp³-hybridized carbons (Fsp3) is 0.562. The summed E-state index contributed by atoms with van der Waals surface area (Å²) >= 11 is 0. The number of halogens is 1. The number of fused-ring (bicyclic) bond motifs is 1. The molecule has 0 bridgehead atoms. The highest BCUT2D eigenvalue weighted by atomic mass is 19.1. The lowest BCUT2D eigenvalue weighted by atomic mass is 9.84. The molecule has 3 rings (SSSR count). The number of Topliss-reactive ketones (excluding diaryl/α,β-unsaturated/α-hetero) is 1. The van der Waals surface area contributed by atoms with Crippen LogP contribution in [0.1, 0.15) is 48.0 Å². The molecule has 0 aromatic heterocycles. The van der Waals surface area contributed by atoms with E-state index in [1.165, 1.54) is 37.8 Å². The summed E-state index contributed by atoms with van der Waals surface area (Å²) < 4.78 is 13.1. The average molecular weight is 261 g/mol. The van der Waals surface area contributed by atoms with E-state index in [9.17, 15) is 9.18 Å². The maximum atomic E-state index is 13.1. The van der Waals surface area contributed by atoms with Crippen LogP contribution in [0.4, 0.5) is 4.39 Å². The molecule has 1 aliphatic heterocycles. The first kappa shape index (κ1) is 12.8. The largest absolute Gasteiger partial charge is 0.304 e. The van der Waals surface area contributed by atoms with Crippen LogP contribution in [0, 0.1) is 18.7 Å². The molecule has 1 saturated carbocycles. The molecule has 3 heteroatoms. The molecule has 1 aliphatic carbocycles. The van der Waals surface area contributed by atoms with Gasteiger partial charge in [0.2, 0.25) is 0 Å². The third-order valence-electron chi connectivity index (χ3n) is 4.63. The Bertz CT molecular complexity index is 486. The Morgan fingerprint density at radius 3 is 2.84 bits per heavy atom. The Morgan fingerprint density at radius 2 is 2.11 bits per heavy atom. The van der Waals surface area contributed by atoms with Gasteiger partial charge in [-0.15, -0.1) is 0 Å². The Kier molecular flexibility index (Phi) is 3.40. The van der Waals surface area contributed by atoms with Crippen molar-refractivity contribution in [2.75, 3.05) is 0 Å². The number of ketones is 1. The number of aryl methyl sites for hydroxylation is 1. The molecule has 0 radical (unpaired) electrons. The molecule has 3 unspecified atom stereocenters. The van der Waals surface area contributed by atoms with E-state index in [1.54, 1.807) is 13.0 Å². The molecule has 3 atom stereocenters. The van der Waals surface area contributed by atoms with Crippen molar-refractivity contribution < 1.29 is 9.18 Å². The van der Waals surface area contributed by atoms with Gasteiger partial charge >= 0.3 is 0 Å². The van der Waals surface area contributed by atoms with Gasteiger partial charge in [-0.25, -0.2) is 4.39 Å². The van der Waals surface area contributed by atoms with Crippen molar-refractivity contribution in [2.24, 2.45) is 5.92 Å². The molecular weight excluding hydrogens is 241 g/mol. The first-order valence-electron chi connectivity index (χ1n) is 7.21. The van der Waals surface area contributed by atoms with Crippen molar-refractivity contribution in [1.29, 1.82) is 0 Å². The van der Waals surface area contributed by atoms with Crippen LogP contribution in [0.2, 0.25) is 0 Å². The minimum atomic E-state index is -0.276. The first-order valence-corrected chi connectivity index (χ1v) is 7.21. The quantitative estimate of drug-likeness (QED) is 0.828. The first-order chi connectivity index (χ1) is 9.15. The van der Waals surface area contributed by atoms with Gasteiger partial charge in [0.05, 0.1) is 6.04 Å². The van der Waals surface area contributed by atoms with Gasteiger partial charge in [0, 0.05) is 11.6 Å². The summed E-state index contributed by atoms with van der Waals surface area (Å²) in [6.07, 6.45) is 5.94. The van der Waals surface area contributed by atoms with Gasteiger partial charge in [0.25, 0.3) is 0 Å². The lowest BCUT2D eigenvalue weighted by molar-refractivity contribution is 0.0948. The van der Waals surface area contributed by atoms with Gasteiger partial charge < -0.3 is 5.32 Å². The molecule has 0 amide bonds. The fourth-order valence-electron chi connectivity index (χ4n) is 3.61. The summed E-state index contributed by atoms with van der Waals surface area (Å²) in [5, 5.41) is 3.49. The van der Waals surface area contributed by atoms with Gasteiger partial charge in [-0.1, -0.05) is 12.8 Å². The molecule has 1 N–H and O–H groups in total. The minimum Gasteiger partial charge on any atom is -0.304 e. The van der Waals surface area contributed by atoms with Gasteiger partial charge in [-0.3, -0.25) is 4.79 Å². The van der Waals surface area contributed by atoms with E-state index < -0.39 is 0 Å². The number of nitrogens with one attached hydrogen (secondary N) is 1. The van der Waals surface area contributed by atoms with E-state index in [0.717, 1.165) is 12.0 Å². The summed E-state index contributed by atoms with van der Waals surface area (Å²) in [7, 11) is 0. The lowest BCUT2D eigenvalue weighted by Gasteiger charge is -2.24. The predicted octanol–water partition coefficient (Wildman–Crippen LogP) is 3.24. The molecule has 2 aliphatic rings. The van der Waals surface area contributed by atoms with Crippen molar-refractivity contribution in [2.45, 2.75) is 51.1 Å². The van der Waals surface area contributed by atoms with E-state index in [0.29, 0.717) is 17.5 Å². The lowest BCUT2D eigenvalue weighted by Crippen LogP contribution is -2.37. The summed E-state index contributed by atoms with van der Waals surface area (Å²) in [6.45, 7) is 1.80. The number of hydrogen-bond acceptors (Lipinski definition) is 2. The second kappa shape index (κ2) is 5.04. The van der Waals surface area contributed by atoms with Crippen molar-refractivity contribution in [3.05, 3.63) is 35.1 Å². The Labute approximate surface area is 113 Å². The van der Waals surface area contributed by atoms with Gasteiger partial charge in [-0.05, 0) is 55.9 Å². The zero-order chi connectivity index (χ0) is 13.4. The molecule has 0 spiro atoms. The molecule has 19 heavy (non-hydrogen) atoms. The van der Waals surface area contributed by atoms with Crippen molar-refractivity contribution in [3.63, 3.8) is 0 Å². The zero-order valence-electron chi connectivity index (χ0n) is 11.3.